The highest BCUT2D eigenvalue weighted by atomic mass is 29.1. The van der Waals surface area contributed by atoms with Gasteiger partial charge in [-0.2, -0.15) is 0 Å². The molecule has 17 nitrogen and oxygen atoms in total. The number of carboxylic acids is 4. The largest absolute Gasteiger partial charge is 0.526 e. The standard InChI is InChI=1S/C33H27N3O14Si2/c1-34-26(37)18-10-22(30(42)43)19(11-21(18)29(40)41)27(38)35-14-2-6-16(7-3-14)49-17-8-4-15(5-9-17)36-28(39)20-12-25(33(48)50-52-51)24(32(46)47)13-23(20)31(44)45/h2-13H,52H2,1,51H3,(H,34,37)(H,35,38)(H,36,39)(H,40,41)(H,42,43)(H,44,45)(H,46,47). The van der Waals surface area contributed by atoms with Crippen LogP contribution in [0.5, 0.6) is 11.5 Å². The Hall–Kier alpha value is -7.13. The zero-order chi connectivity index (χ0) is 38.3. The van der Waals surface area contributed by atoms with Crippen LogP contribution in [0, 0.1) is 0 Å². The smallest absolute Gasteiger partial charge is 0.336 e. The Kier molecular flexibility index (Phi) is 11.6. The van der Waals surface area contributed by atoms with Crippen molar-refractivity contribution in [1.82, 2.24) is 5.32 Å². The van der Waals surface area contributed by atoms with E-state index in [2.05, 4.69) is 16.0 Å². The first kappa shape index (κ1) is 37.7. The van der Waals surface area contributed by atoms with E-state index < -0.39 is 101 Å². The van der Waals surface area contributed by atoms with Crippen molar-refractivity contribution in [3.8, 4) is 11.5 Å². The second-order valence-corrected chi connectivity index (χ2v) is 13.1. The lowest BCUT2D eigenvalue weighted by Gasteiger charge is -2.13. The van der Waals surface area contributed by atoms with E-state index in [1.165, 1.54) is 55.6 Å². The van der Waals surface area contributed by atoms with Crippen molar-refractivity contribution < 1.29 is 67.9 Å². The molecule has 266 valence electrons. The van der Waals surface area contributed by atoms with Crippen LogP contribution in [0.1, 0.15) is 82.9 Å². The molecule has 0 heterocycles. The van der Waals surface area contributed by atoms with E-state index in [9.17, 15) is 58.8 Å². The number of ether oxygens (including phenoxy) is 1. The minimum atomic E-state index is -1.59. The van der Waals surface area contributed by atoms with E-state index in [4.69, 9.17) is 9.16 Å². The Morgan fingerprint density at radius 2 is 0.846 bits per heavy atom. The molecule has 3 amide bonds. The van der Waals surface area contributed by atoms with Gasteiger partial charge in [0.05, 0.1) is 44.5 Å². The van der Waals surface area contributed by atoms with Crippen LogP contribution < -0.4 is 20.7 Å². The number of aromatic carboxylic acids is 4. The molecule has 7 N–H and O–H groups in total. The van der Waals surface area contributed by atoms with Crippen LogP contribution in [0.2, 0.25) is 0 Å². The molecule has 52 heavy (non-hydrogen) atoms. The molecule has 0 aliphatic carbocycles. The zero-order valence-corrected chi connectivity index (χ0v) is 30.4. The second kappa shape index (κ2) is 16.1. The Bertz CT molecular complexity index is 2150. The number of benzene rings is 4. The van der Waals surface area contributed by atoms with Crippen molar-refractivity contribution in [2.24, 2.45) is 0 Å². The summed E-state index contributed by atoms with van der Waals surface area (Å²) >= 11 is 0. The molecule has 4 aromatic carbocycles. The van der Waals surface area contributed by atoms with Gasteiger partial charge in [-0.3, -0.25) is 14.4 Å². The highest BCUT2D eigenvalue weighted by molar-refractivity contribution is 6.86. The van der Waals surface area contributed by atoms with E-state index in [0.717, 1.165) is 24.3 Å². The summed E-state index contributed by atoms with van der Waals surface area (Å²) in [5.41, 5.74) is -3.89. The summed E-state index contributed by atoms with van der Waals surface area (Å²) in [6.07, 6.45) is 0. The molecule has 4 rings (SSSR count). The average Bonchev–Trinajstić information content (AvgIpc) is 3.11. The van der Waals surface area contributed by atoms with Gasteiger partial charge in [0.1, 0.15) is 11.5 Å². The summed E-state index contributed by atoms with van der Waals surface area (Å²) < 4.78 is 10.8. The predicted molar refractivity (Wildman–Crippen MR) is 187 cm³/mol. The first-order chi connectivity index (χ1) is 24.6. The molecule has 0 aromatic heterocycles. The van der Waals surface area contributed by atoms with E-state index in [1.807, 2.05) is 0 Å². The lowest BCUT2D eigenvalue weighted by molar-refractivity contribution is 0.0666. The first-order valence-corrected chi connectivity index (χ1v) is 21.1. The van der Waals surface area contributed by atoms with Gasteiger partial charge in [-0.1, -0.05) is 0 Å². The van der Waals surface area contributed by atoms with E-state index in [0.29, 0.717) is 9.76 Å². The maximum atomic E-state index is 13.1. The van der Waals surface area contributed by atoms with E-state index >= 15 is 0 Å². The Morgan fingerprint density at radius 3 is 1.19 bits per heavy atom. The maximum absolute atomic E-state index is 13.1. The summed E-state index contributed by atoms with van der Waals surface area (Å²) in [4.78, 5) is 97.8. The number of carbonyl (C=O) groups is 8. The van der Waals surface area contributed by atoms with Gasteiger partial charge in [0, 0.05) is 28.2 Å². The molecule has 0 unspecified atom stereocenters. The van der Waals surface area contributed by atoms with Gasteiger partial charge in [-0.05, 0) is 72.8 Å². The number of hydrogen-bond donors (Lipinski definition) is 7. The maximum Gasteiger partial charge on any atom is 0.336 e. The van der Waals surface area contributed by atoms with Gasteiger partial charge in [-0.25, -0.2) is 24.0 Å². The summed E-state index contributed by atoms with van der Waals surface area (Å²) in [6.45, 7) is 0. The highest BCUT2D eigenvalue weighted by Gasteiger charge is 2.27. The number of anilines is 2. The van der Waals surface area contributed by atoms with Crippen LogP contribution >= 0.6 is 0 Å². The summed E-state index contributed by atoms with van der Waals surface area (Å²) in [6, 6.07) is 14.8. The van der Waals surface area contributed by atoms with Crippen LogP contribution in [0.4, 0.5) is 11.4 Å². The fraction of sp³-hybridized carbons (Fsp3) is 0.0303. The second-order valence-electron chi connectivity index (χ2n) is 10.5. The third-order valence-electron chi connectivity index (χ3n) is 7.15. The molecule has 0 bridgehead atoms. The molecule has 0 aliphatic rings. The van der Waals surface area contributed by atoms with E-state index in [-0.39, 0.29) is 22.9 Å². The molecular formula is C33H27N3O14Si2. The van der Waals surface area contributed by atoms with E-state index in [1.54, 1.807) is 0 Å². The Labute approximate surface area is 297 Å². The molecule has 19 heteroatoms. The topological polar surface area (TPSA) is 272 Å². The number of carboxylic acid groups (broad SMARTS) is 4. The van der Waals surface area contributed by atoms with Crippen LogP contribution in [-0.2, 0) is 4.43 Å². The average molecular weight is 746 g/mol. The molecule has 0 fully saturated rings. The summed E-state index contributed by atoms with van der Waals surface area (Å²) in [5.74, 6) is -9.40. The normalized spacial score (nSPS) is 10.6. The van der Waals surface area contributed by atoms with Gasteiger partial charge in [0.15, 0.2) is 9.28 Å². The van der Waals surface area contributed by atoms with Gasteiger partial charge in [0.2, 0.25) is 0 Å². The van der Waals surface area contributed by atoms with Crippen LogP contribution in [0.25, 0.3) is 0 Å². The van der Waals surface area contributed by atoms with Crippen LogP contribution in [-0.4, -0.2) is 94.1 Å². The predicted octanol–water partition coefficient (Wildman–Crippen LogP) is 1.66. The number of rotatable bonds is 13. The minimum Gasteiger partial charge on any atom is -0.526 e. The quantitative estimate of drug-likeness (QED) is 0.0960. The minimum absolute atomic E-state index is 0.186. The molecule has 0 saturated heterocycles. The molecular weight excluding hydrogens is 719 g/mol. The third-order valence-corrected chi connectivity index (χ3v) is 8.57. The zero-order valence-electron chi connectivity index (χ0n) is 27.0. The fourth-order valence-electron chi connectivity index (χ4n) is 4.73. The van der Waals surface area contributed by atoms with Crippen LogP contribution in [0.3, 0.4) is 0 Å². The summed E-state index contributed by atoms with van der Waals surface area (Å²) in [5, 5.41) is 45.5. The van der Waals surface area contributed by atoms with Gasteiger partial charge in [-0.15, -0.1) is 0 Å². The van der Waals surface area contributed by atoms with Gasteiger partial charge in [0.25, 0.3) is 17.7 Å². The van der Waals surface area contributed by atoms with Gasteiger partial charge < -0.3 is 45.5 Å². The molecule has 0 spiro atoms. The molecule has 0 atom stereocenters. The molecule has 0 aliphatic heterocycles. The lowest BCUT2D eigenvalue weighted by Crippen LogP contribution is -2.24. The molecule has 0 radical (unpaired) electrons. The SMILES string of the molecule is CNC(=O)c1cc(C(=O)O)c(C(=O)Nc2ccc(Oc3ccc(NC(=O)c4cc(C(=O)O[SiH2][SiH3])c(C(=O)O)cc4C(=O)O)cc3)cc2)cc1C(=O)O. The summed E-state index contributed by atoms with van der Waals surface area (Å²) in [7, 11) is 0.662. The fourth-order valence-corrected chi connectivity index (χ4v) is 5.93. The highest BCUT2D eigenvalue weighted by Crippen LogP contribution is 2.27. The molecule has 0 saturated carbocycles. The molecule has 4 aromatic rings. The number of amides is 3. The van der Waals surface area contributed by atoms with Crippen LogP contribution in [0.15, 0.2) is 72.8 Å². The van der Waals surface area contributed by atoms with Crippen molar-refractivity contribution >= 4 is 78.0 Å². The van der Waals surface area contributed by atoms with Crippen molar-refractivity contribution in [2.75, 3.05) is 17.7 Å². The van der Waals surface area contributed by atoms with Crippen molar-refractivity contribution in [3.05, 3.63) is 117 Å². The number of nitrogens with one attached hydrogen (secondary N) is 3. The Balaban J connectivity index is 1.48. The number of hydrogen-bond acceptors (Lipinski definition) is 10. The van der Waals surface area contributed by atoms with Crippen molar-refractivity contribution in [1.29, 1.82) is 0 Å². The van der Waals surface area contributed by atoms with Crippen molar-refractivity contribution in [2.45, 2.75) is 0 Å². The first-order valence-electron chi connectivity index (χ1n) is 14.8. The Morgan fingerprint density at radius 1 is 0.519 bits per heavy atom. The monoisotopic (exact) mass is 745 g/mol. The number of carbonyl (C=O) groups excluding carboxylic acids is 4. The third kappa shape index (κ3) is 8.53. The lowest BCUT2D eigenvalue weighted by atomic mass is 9.97. The van der Waals surface area contributed by atoms with Gasteiger partial charge >= 0.3 is 29.8 Å². The van der Waals surface area contributed by atoms with Crippen molar-refractivity contribution in [3.63, 3.8) is 0 Å².